The van der Waals surface area contributed by atoms with Gasteiger partial charge in [0.1, 0.15) is 5.75 Å². The molecule has 1 heterocycles. The first-order valence-electron chi connectivity index (χ1n) is 9.75. The summed E-state index contributed by atoms with van der Waals surface area (Å²) in [6.07, 6.45) is 13.2. The molecule has 0 spiro atoms. The van der Waals surface area contributed by atoms with Gasteiger partial charge in [-0.3, -0.25) is 9.78 Å². The van der Waals surface area contributed by atoms with Crippen LogP contribution in [0.4, 0.5) is 0 Å². The Morgan fingerprint density at radius 2 is 1.96 bits per heavy atom. The van der Waals surface area contributed by atoms with E-state index in [-0.39, 0.29) is 17.9 Å². The van der Waals surface area contributed by atoms with Crippen molar-refractivity contribution in [2.45, 2.75) is 57.1 Å². The number of benzene rings is 1. The zero-order valence-electron chi connectivity index (χ0n) is 15.1. The third-order valence-corrected chi connectivity index (χ3v) is 5.54. The molecule has 1 N–H and O–H groups in total. The topological polar surface area (TPSA) is 51.2 Å². The summed E-state index contributed by atoms with van der Waals surface area (Å²) in [6, 6.07) is 10.4. The fourth-order valence-electron chi connectivity index (χ4n) is 4.00. The zero-order valence-corrected chi connectivity index (χ0v) is 15.1. The van der Waals surface area contributed by atoms with Crippen LogP contribution in [0.25, 0.3) is 10.9 Å². The van der Waals surface area contributed by atoms with Gasteiger partial charge in [0.25, 0.3) is 0 Å². The van der Waals surface area contributed by atoms with Gasteiger partial charge in [-0.15, -0.1) is 0 Å². The van der Waals surface area contributed by atoms with Crippen molar-refractivity contribution in [1.82, 2.24) is 10.3 Å². The number of pyridine rings is 1. The molecule has 0 radical (unpaired) electrons. The summed E-state index contributed by atoms with van der Waals surface area (Å²) in [5.74, 6) is 1.31. The van der Waals surface area contributed by atoms with Crippen LogP contribution in [-0.2, 0) is 4.79 Å². The highest BCUT2D eigenvalue weighted by molar-refractivity contribution is 5.80. The van der Waals surface area contributed by atoms with Gasteiger partial charge in [-0.1, -0.05) is 18.2 Å². The Morgan fingerprint density at radius 3 is 2.77 bits per heavy atom. The lowest BCUT2D eigenvalue weighted by molar-refractivity contribution is -0.126. The second-order valence-electron chi connectivity index (χ2n) is 7.44. The lowest BCUT2D eigenvalue weighted by Crippen LogP contribution is -2.42. The highest BCUT2D eigenvalue weighted by Crippen LogP contribution is 2.27. The highest BCUT2D eigenvalue weighted by atomic mass is 16.5. The minimum Gasteiger partial charge on any atom is -0.490 e. The average molecular weight is 350 g/mol. The smallest absolute Gasteiger partial charge is 0.223 e. The maximum Gasteiger partial charge on any atom is 0.223 e. The van der Waals surface area contributed by atoms with E-state index in [1.54, 1.807) is 0 Å². The number of allylic oxidation sites excluding steroid dienone is 2. The van der Waals surface area contributed by atoms with E-state index in [1.165, 1.54) is 0 Å². The monoisotopic (exact) mass is 350 g/mol. The molecule has 1 amide bonds. The van der Waals surface area contributed by atoms with Crippen LogP contribution in [0.5, 0.6) is 5.75 Å². The first kappa shape index (κ1) is 17.1. The van der Waals surface area contributed by atoms with Gasteiger partial charge in [-0.2, -0.15) is 0 Å². The van der Waals surface area contributed by atoms with Gasteiger partial charge in [-0.05, 0) is 69.2 Å². The Morgan fingerprint density at radius 1 is 1.08 bits per heavy atom. The molecule has 1 aromatic heterocycles. The molecule has 1 unspecified atom stereocenters. The van der Waals surface area contributed by atoms with Crippen LogP contribution >= 0.6 is 0 Å². The molecule has 26 heavy (non-hydrogen) atoms. The van der Waals surface area contributed by atoms with E-state index in [2.05, 4.69) is 34.6 Å². The van der Waals surface area contributed by atoms with Crippen LogP contribution in [0.1, 0.15) is 44.9 Å². The molecule has 0 aliphatic heterocycles. The number of rotatable bonds is 4. The molecule has 4 nitrogen and oxygen atoms in total. The zero-order chi connectivity index (χ0) is 17.8. The molecule has 2 aliphatic carbocycles. The maximum atomic E-state index is 12.4. The summed E-state index contributed by atoms with van der Waals surface area (Å²) in [7, 11) is 0. The Hall–Kier alpha value is -2.36. The van der Waals surface area contributed by atoms with Crippen LogP contribution in [0, 0.1) is 5.92 Å². The quantitative estimate of drug-likeness (QED) is 0.832. The molecule has 2 aliphatic rings. The van der Waals surface area contributed by atoms with Gasteiger partial charge in [0, 0.05) is 23.5 Å². The SMILES string of the molecule is O=C(NC1CCC(Oc2ccc3ncccc3c2)CC1)C1CC=CCC1. The lowest BCUT2D eigenvalue weighted by atomic mass is 9.90. The molecular weight excluding hydrogens is 324 g/mol. The summed E-state index contributed by atoms with van der Waals surface area (Å²) in [6.45, 7) is 0. The van der Waals surface area contributed by atoms with Crippen molar-refractivity contribution in [3.05, 3.63) is 48.7 Å². The first-order chi connectivity index (χ1) is 12.8. The summed E-state index contributed by atoms with van der Waals surface area (Å²) in [4.78, 5) is 16.7. The van der Waals surface area contributed by atoms with Crippen molar-refractivity contribution < 1.29 is 9.53 Å². The molecule has 0 saturated heterocycles. The van der Waals surface area contributed by atoms with E-state index in [0.717, 1.165) is 61.6 Å². The Labute approximate surface area is 154 Å². The number of fused-ring (bicyclic) bond motifs is 1. The molecular formula is C22H26N2O2. The van der Waals surface area contributed by atoms with Crippen molar-refractivity contribution in [3.8, 4) is 5.75 Å². The number of hydrogen-bond acceptors (Lipinski definition) is 3. The van der Waals surface area contributed by atoms with E-state index in [4.69, 9.17) is 4.74 Å². The normalized spacial score (nSPS) is 25.8. The predicted molar refractivity (Wildman–Crippen MR) is 103 cm³/mol. The van der Waals surface area contributed by atoms with Gasteiger partial charge in [0.05, 0.1) is 11.6 Å². The largest absolute Gasteiger partial charge is 0.490 e. The fourth-order valence-corrected chi connectivity index (χ4v) is 4.00. The summed E-state index contributed by atoms with van der Waals surface area (Å²) < 4.78 is 6.18. The molecule has 1 saturated carbocycles. The van der Waals surface area contributed by atoms with Gasteiger partial charge in [0.2, 0.25) is 5.91 Å². The third kappa shape index (κ3) is 4.06. The molecule has 4 heteroatoms. The van der Waals surface area contributed by atoms with Crippen molar-refractivity contribution in [1.29, 1.82) is 0 Å². The van der Waals surface area contributed by atoms with Crippen LogP contribution in [0.3, 0.4) is 0 Å². The number of carbonyl (C=O) groups excluding carboxylic acids is 1. The molecule has 0 bridgehead atoms. The van der Waals surface area contributed by atoms with E-state index in [9.17, 15) is 4.79 Å². The molecule has 1 aromatic carbocycles. The minimum atomic E-state index is 0.167. The molecule has 136 valence electrons. The van der Waals surface area contributed by atoms with Crippen LogP contribution in [0.15, 0.2) is 48.7 Å². The molecule has 2 aromatic rings. The lowest BCUT2D eigenvalue weighted by Gasteiger charge is -2.30. The standard InChI is InChI=1S/C22H26N2O2/c25-22(16-5-2-1-3-6-16)24-18-8-10-19(11-9-18)26-20-12-13-21-17(15-20)7-4-14-23-21/h1-2,4,7,12-16,18-19H,3,5-6,8-11H2,(H,24,25). The van der Waals surface area contributed by atoms with Gasteiger partial charge < -0.3 is 10.1 Å². The number of nitrogens with zero attached hydrogens (tertiary/aromatic N) is 1. The number of nitrogens with one attached hydrogen (secondary N) is 1. The van der Waals surface area contributed by atoms with Crippen molar-refractivity contribution >= 4 is 16.8 Å². The summed E-state index contributed by atoms with van der Waals surface area (Å²) >= 11 is 0. The number of hydrogen-bond donors (Lipinski definition) is 1. The number of carbonyl (C=O) groups is 1. The summed E-state index contributed by atoms with van der Waals surface area (Å²) in [5.41, 5.74) is 0.990. The van der Waals surface area contributed by atoms with E-state index >= 15 is 0 Å². The third-order valence-electron chi connectivity index (χ3n) is 5.54. The van der Waals surface area contributed by atoms with Crippen LogP contribution in [0.2, 0.25) is 0 Å². The van der Waals surface area contributed by atoms with E-state index < -0.39 is 0 Å². The Balaban J connectivity index is 1.27. The van der Waals surface area contributed by atoms with E-state index in [0.29, 0.717) is 6.04 Å². The average Bonchev–Trinajstić information content (AvgIpc) is 2.70. The van der Waals surface area contributed by atoms with Gasteiger partial charge in [0.15, 0.2) is 0 Å². The first-order valence-corrected chi connectivity index (χ1v) is 9.75. The Bertz CT molecular complexity index is 794. The number of aromatic nitrogens is 1. The van der Waals surface area contributed by atoms with Crippen LogP contribution < -0.4 is 10.1 Å². The van der Waals surface area contributed by atoms with Gasteiger partial charge >= 0.3 is 0 Å². The molecule has 1 atom stereocenters. The molecule has 4 rings (SSSR count). The number of ether oxygens (including phenoxy) is 1. The van der Waals surface area contributed by atoms with Crippen molar-refractivity contribution in [2.24, 2.45) is 5.92 Å². The summed E-state index contributed by atoms with van der Waals surface area (Å²) in [5, 5.41) is 4.36. The minimum absolute atomic E-state index is 0.167. The Kier molecular flexibility index (Phi) is 5.19. The number of amides is 1. The second kappa shape index (κ2) is 7.90. The second-order valence-corrected chi connectivity index (χ2v) is 7.44. The highest BCUT2D eigenvalue weighted by Gasteiger charge is 2.26. The van der Waals surface area contributed by atoms with Crippen molar-refractivity contribution in [3.63, 3.8) is 0 Å². The fraction of sp³-hybridized carbons (Fsp3) is 0.455. The van der Waals surface area contributed by atoms with Crippen LogP contribution in [-0.4, -0.2) is 23.0 Å². The van der Waals surface area contributed by atoms with Crippen molar-refractivity contribution in [2.75, 3.05) is 0 Å². The predicted octanol–water partition coefficient (Wildman–Crippen LogP) is 4.40. The maximum absolute atomic E-state index is 12.4. The van der Waals surface area contributed by atoms with E-state index in [1.807, 2.05) is 24.4 Å². The molecule has 1 fully saturated rings. The van der Waals surface area contributed by atoms with Gasteiger partial charge in [-0.25, -0.2) is 0 Å².